The van der Waals surface area contributed by atoms with Crippen LogP contribution in [-0.4, -0.2) is 59.5 Å². The molecule has 0 radical (unpaired) electrons. The van der Waals surface area contributed by atoms with E-state index in [9.17, 15) is 9.59 Å². The fourth-order valence-corrected chi connectivity index (χ4v) is 3.56. The Morgan fingerprint density at radius 1 is 1.00 bits per heavy atom. The molecule has 0 saturated heterocycles. The summed E-state index contributed by atoms with van der Waals surface area (Å²) < 4.78 is 7.42. The monoisotopic (exact) mass is 441 g/mol. The normalized spacial score (nSPS) is 11.0. The van der Waals surface area contributed by atoms with Crippen LogP contribution in [0.5, 0.6) is 0 Å². The molecular formula is C26H39N3O3. The van der Waals surface area contributed by atoms with E-state index in [1.165, 1.54) is 5.56 Å². The quantitative estimate of drug-likeness (QED) is 0.442. The Balaban J connectivity index is 2.12. The Hall–Kier alpha value is -2.60. The van der Waals surface area contributed by atoms with Crippen molar-refractivity contribution in [3.63, 3.8) is 0 Å². The maximum absolute atomic E-state index is 13.3. The summed E-state index contributed by atoms with van der Waals surface area (Å²) in [5, 5.41) is 0. The van der Waals surface area contributed by atoms with Gasteiger partial charge in [-0.3, -0.25) is 9.59 Å². The van der Waals surface area contributed by atoms with Gasteiger partial charge in [0, 0.05) is 45.1 Å². The summed E-state index contributed by atoms with van der Waals surface area (Å²) >= 11 is 0. The second-order valence-corrected chi connectivity index (χ2v) is 8.67. The summed E-state index contributed by atoms with van der Waals surface area (Å²) in [5.41, 5.74) is 2.27. The van der Waals surface area contributed by atoms with Crippen molar-refractivity contribution in [3.8, 4) is 0 Å². The maximum Gasteiger partial charge on any atom is 0.242 e. The van der Waals surface area contributed by atoms with Crippen LogP contribution >= 0.6 is 0 Å². The van der Waals surface area contributed by atoms with Gasteiger partial charge < -0.3 is 19.1 Å². The largest absolute Gasteiger partial charge is 0.383 e. The minimum Gasteiger partial charge on any atom is -0.383 e. The number of amides is 2. The van der Waals surface area contributed by atoms with Crippen LogP contribution in [0.15, 0.2) is 48.7 Å². The molecule has 176 valence electrons. The number of rotatable bonds is 14. The molecule has 2 aromatic rings. The number of nitrogens with zero attached hydrogens (tertiary/aromatic N) is 3. The predicted molar refractivity (Wildman–Crippen MR) is 128 cm³/mol. The first kappa shape index (κ1) is 25.7. The van der Waals surface area contributed by atoms with Gasteiger partial charge in [0.05, 0.1) is 19.7 Å². The third kappa shape index (κ3) is 8.50. The fourth-order valence-electron chi connectivity index (χ4n) is 3.56. The zero-order valence-corrected chi connectivity index (χ0v) is 20.1. The highest BCUT2D eigenvalue weighted by molar-refractivity contribution is 5.84. The molecule has 1 heterocycles. The van der Waals surface area contributed by atoms with E-state index in [-0.39, 0.29) is 18.4 Å². The van der Waals surface area contributed by atoms with Gasteiger partial charge in [0.2, 0.25) is 11.8 Å². The number of carbonyl (C=O) groups is 2. The van der Waals surface area contributed by atoms with E-state index in [1.54, 1.807) is 12.0 Å². The zero-order chi connectivity index (χ0) is 23.3. The molecule has 0 aliphatic heterocycles. The van der Waals surface area contributed by atoms with Crippen molar-refractivity contribution < 1.29 is 14.3 Å². The first-order valence-electron chi connectivity index (χ1n) is 11.7. The molecule has 0 atom stereocenters. The number of carbonyl (C=O) groups excluding carboxylic acids is 2. The van der Waals surface area contributed by atoms with Crippen LogP contribution in [-0.2, 0) is 27.4 Å². The minimum absolute atomic E-state index is 0.0391. The van der Waals surface area contributed by atoms with Crippen molar-refractivity contribution in [1.82, 2.24) is 14.4 Å². The van der Waals surface area contributed by atoms with Crippen LogP contribution in [0, 0.1) is 5.92 Å². The summed E-state index contributed by atoms with van der Waals surface area (Å²) in [5.74, 6) is 0.497. The van der Waals surface area contributed by atoms with Crippen molar-refractivity contribution in [2.75, 3.05) is 33.4 Å². The highest BCUT2D eigenvalue weighted by Crippen LogP contribution is 2.12. The van der Waals surface area contributed by atoms with E-state index in [1.807, 2.05) is 42.3 Å². The Kier molecular flexibility index (Phi) is 11.0. The summed E-state index contributed by atoms with van der Waals surface area (Å²) in [7, 11) is 1.64. The molecule has 1 aromatic heterocycles. The minimum atomic E-state index is -0.0391. The third-order valence-electron chi connectivity index (χ3n) is 5.51. The molecule has 0 N–H and O–H groups in total. The lowest BCUT2D eigenvalue weighted by Crippen LogP contribution is -2.44. The highest BCUT2D eigenvalue weighted by atomic mass is 16.5. The fraction of sp³-hybridized carbons (Fsp3) is 0.538. The van der Waals surface area contributed by atoms with E-state index in [4.69, 9.17) is 4.74 Å². The first-order valence-corrected chi connectivity index (χ1v) is 11.7. The van der Waals surface area contributed by atoms with E-state index >= 15 is 0 Å². The smallest absolute Gasteiger partial charge is 0.242 e. The van der Waals surface area contributed by atoms with Crippen molar-refractivity contribution in [2.45, 2.75) is 53.1 Å². The van der Waals surface area contributed by atoms with Gasteiger partial charge in [-0.25, -0.2) is 0 Å². The van der Waals surface area contributed by atoms with E-state index in [0.717, 1.165) is 25.1 Å². The van der Waals surface area contributed by atoms with Crippen LogP contribution in [0.2, 0.25) is 0 Å². The Bertz CT molecular complexity index is 817. The van der Waals surface area contributed by atoms with Crippen LogP contribution < -0.4 is 0 Å². The Labute approximate surface area is 193 Å². The average molecular weight is 442 g/mol. The third-order valence-corrected chi connectivity index (χ3v) is 5.51. The van der Waals surface area contributed by atoms with Crippen LogP contribution in [0.4, 0.5) is 0 Å². The van der Waals surface area contributed by atoms with Crippen molar-refractivity contribution in [1.29, 1.82) is 0 Å². The lowest BCUT2D eigenvalue weighted by Gasteiger charge is -2.28. The van der Waals surface area contributed by atoms with Crippen molar-refractivity contribution in [3.05, 3.63) is 59.9 Å². The number of aromatic nitrogens is 1. The average Bonchev–Trinajstić information content (AvgIpc) is 3.21. The molecule has 0 spiro atoms. The number of ether oxygens (including phenoxy) is 1. The van der Waals surface area contributed by atoms with Gasteiger partial charge in [-0.05, 0) is 36.5 Å². The summed E-state index contributed by atoms with van der Waals surface area (Å²) in [6.45, 7) is 9.19. The van der Waals surface area contributed by atoms with Crippen molar-refractivity contribution >= 4 is 11.8 Å². The van der Waals surface area contributed by atoms with Gasteiger partial charge in [-0.2, -0.15) is 0 Å². The summed E-state index contributed by atoms with van der Waals surface area (Å²) in [6, 6.07) is 14.3. The number of benzene rings is 1. The molecule has 32 heavy (non-hydrogen) atoms. The molecule has 6 heteroatoms. The van der Waals surface area contributed by atoms with E-state index < -0.39 is 0 Å². The predicted octanol–water partition coefficient (Wildman–Crippen LogP) is 4.19. The summed E-state index contributed by atoms with van der Waals surface area (Å²) in [6.07, 6.45) is 4.19. The highest BCUT2D eigenvalue weighted by Gasteiger charge is 2.22. The van der Waals surface area contributed by atoms with E-state index in [0.29, 0.717) is 38.6 Å². The van der Waals surface area contributed by atoms with Crippen molar-refractivity contribution in [2.24, 2.45) is 5.92 Å². The van der Waals surface area contributed by atoms with Gasteiger partial charge in [0.25, 0.3) is 0 Å². The molecule has 0 bridgehead atoms. The van der Waals surface area contributed by atoms with Crippen LogP contribution in [0.25, 0.3) is 0 Å². The molecule has 6 nitrogen and oxygen atoms in total. The standard InChI is InChI=1S/C26H39N3O3/c1-5-10-25(30)28(16-14-22(2)3)21-26(31)29(17-18-32-4)20-24-13-9-15-27(24)19-23-11-7-6-8-12-23/h6-9,11-13,15,22H,5,10,14,16-21H2,1-4H3. The molecule has 2 amide bonds. The Morgan fingerprint density at radius 2 is 1.75 bits per heavy atom. The van der Waals surface area contributed by atoms with Gasteiger partial charge in [-0.15, -0.1) is 0 Å². The molecule has 2 rings (SSSR count). The number of hydrogen-bond donors (Lipinski definition) is 0. The van der Waals surface area contributed by atoms with Crippen LogP contribution in [0.3, 0.4) is 0 Å². The molecule has 0 fully saturated rings. The molecule has 0 aliphatic carbocycles. The van der Waals surface area contributed by atoms with Crippen LogP contribution in [0.1, 0.15) is 51.3 Å². The van der Waals surface area contributed by atoms with Gasteiger partial charge in [0.15, 0.2) is 0 Å². The molecule has 1 aromatic carbocycles. The molecule has 0 saturated carbocycles. The topological polar surface area (TPSA) is 54.8 Å². The molecule has 0 aliphatic rings. The van der Waals surface area contributed by atoms with E-state index in [2.05, 4.69) is 36.6 Å². The maximum atomic E-state index is 13.3. The van der Waals surface area contributed by atoms with Gasteiger partial charge in [0.1, 0.15) is 0 Å². The summed E-state index contributed by atoms with van der Waals surface area (Å²) in [4.78, 5) is 29.4. The molecular weight excluding hydrogens is 402 g/mol. The lowest BCUT2D eigenvalue weighted by molar-refractivity contribution is -0.141. The molecule has 0 unspecified atom stereocenters. The number of methoxy groups -OCH3 is 1. The first-order chi connectivity index (χ1) is 15.4. The second-order valence-electron chi connectivity index (χ2n) is 8.67. The number of hydrogen-bond acceptors (Lipinski definition) is 3. The lowest BCUT2D eigenvalue weighted by atomic mass is 10.1. The van der Waals surface area contributed by atoms with Gasteiger partial charge in [-0.1, -0.05) is 51.1 Å². The SMILES string of the molecule is CCCC(=O)N(CCC(C)C)CC(=O)N(CCOC)Cc1cccn1Cc1ccccc1. The van der Waals surface area contributed by atoms with Gasteiger partial charge >= 0.3 is 0 Å². The second kappa shape index (κ2) is 13.7. The Morgan fingerprint density at radius 3 is 2.41 bits per heavy atom. The zero-order valence-electron chi connectivity index (χ0n) is 20.1.